The summed E-state index contributed by atoms with van der Waals surface area (Å²) in [5, 5.41) is 3.28. The fraction of sp³-hybridized carbons (Fsp3) is 0.348. The lowest BCUT2D eigenvalue weighted by Crippen LogP contribution is -2.47. The van der Waals surface area contributed by atoms with Gasteiger partial charge in [-0.25, -0.2) is 15.0 Å². The van der Waals surface area contributed by atoms with E-state index >= 15 is 0 Å². The Morgan fingerprint density at radius 3 is 2.76 bits per heavy atom. The molecule has 1 aromatic carbocycles. The minimum Gasteiger partial charge on any atom is -0.485 e. The number of nitrogens with zero attached hydrogens (tertiary/aromatic N) is 4. The van der Waals surface area contributed by atoms with Crippen molar-refractivity contribution >= 4 is 23.2 Å². The van der Waals surface area contributed by atoms with E-state index in [9.17, 15) is 9.59 Å². The number of nitrogen functional groups attached to an aromatic ring is 1. The molecule has 2 aliphatic rings. The number of carbonyl (C=O) groups excluding carboxylic acids is 1. The molecule has 3 N–H and O–H groups in total. The Balaban J connectivity index is 1.58. The Labute approximate surface area is 200 Å². The Kier molecular flexibility index (Phi) is 5.60. The van der Waals surface area contributed by atoms with Crippen LogP contribution in [0.5, 0.6) is 11.5 Å². The van der Waals surface area contributed by atoms with Crippen LogP contribution in [0.3, 0.4) is 0 Å². The SMILES string of the molecule is CC1(NC(=O)c2cc(Cl)c(N)c3c2OCCO3)CCCCn2c1nc(-c1ccncn1)cc2=O. The highest BCUT2D eigenvalue weighted by Crippen LogP contribution is 2.43. The van der Waals surface area contributed by atoms with Crippen LogP contribution in [-0.4, -0.2) is 38.6 Å². The van der Waals surface area contributed by atoms with Crippen LogP contribution >= 0.6 is 11.6 Å². The highest BCUT2D eigenvalue weighted by molar-refractivity contribution is 6.34. The van der Waals surface area contributed by atoms with Crippen molar-refractivity contribution in [2.24, 2.45) is 0 Å². The highest BCUT2D eigenvalue weighted by Gasteiger charge is 2.37. The summed E-state index contributed by atoms with van der Waals surface area (Å²) in [4.78, 5) is 39.5. The van der Waals surface area contributed by atoms with Crippen molar-refractivity contribution in [3.05, 3.63) is 57.5 Å². The van der Waals surface area contributed by atoms with Gasteiger partial charge in [0.15, 0.2) is 11.5 Å². The fourth-order valence-electron chi connectivity index (χ4n) is 4.38. The number of fused-ring (bicyclic) bond motifs is 2. The molecule has 4 heterocycles. The molecular weight excluding hydrogens is 460 g/mol. The second-order valence-electron chi connectivity index (χ2n) is 8.47. The number of aromatic nitrogens is 4. The van der Waals surface area contributed by atoms with Gasteiger partial charge in [-0.1, -0.05) is 11.6 Å². The Bertz CT molecular complexity index is 1330. The maximum Gasteiger partial charge on any atom is 0.256 e. The Morgan fingerprint density at radius 2 is 2.00 bits per heavy atom. The van der Waals surface area contributed by atoms with Gasteiger partial charge >= 0.3 is 0 Å². The molecule has 2 aliphatic heterocycles. The molecule has 5 rings (SSSR count). The smallest absolute Gasteiger partial charge is 0.256 e. The molecule has 3 aromatic rings. The van der Waals surface area contributed by atoms with Gasteiger partial charge in [0.25, 0.3) is 11.5 Å². The lowest BCUT2D eigenvalue weighted by atomic mass is 9.93. The van der Waals surface area contributed by atoms with E-state index in [2.05, 4.69) is 15.3 Å². The number of nitrogens with one attached hydrogen (secondary N) is 1. The van der Waals surface area contributed by atoms with Gasteiger partial charge in [0.2, 0.25) is 0 Å². The third-order valence-electron chi connectivity index (χ3n) is 6.09. The topological polar surface area (TPSA) is 134 Å². The van der Waals surface area contributed by atoms with Gasteiger partial charge in [0.1, 0.15) is 25.4 Å². The summed E-state index contributed by atoms with van der Waals surface area (Å²) >= 11 is 6.28. The molecule has 1 unspecified atom stereocenters. The van der Waals surface area contributed by atoms with Crippen LogP contribution in [0.15, 0.2) is 35.5 Å². The number of benzene rings is 1. The lowest BCUT2D eigenvalue weighted by molar-refractivity contribution is 0.0883. The number of carbonyl (C=O) groups is 1. The van der Waals surface area contributed by atoms with Crippen LogP contribution in [0.25, 0.3) is 11.4 Å². The summed E-state index contributed by atoms with van der Waals surface area (Å²) in [5.41, 5.74) is 6.27. The van der Waals surface area contributed by atoms with E-state index in [4.69, 9.17) is 31.8 Å². The largest absolute Gasteiger partial charge is 0.485 e. The monoisotopic (exact) mass is 482 g/mol. The van der Waals surface area contributed by atoms with E-state index < -0.39 is 11.4 Å². The standard InChI is InChI=1S/C23H23ClN6O4/c1-23(29-21(32)13-10-14(24)18(25)20-19(13)33-8-9-34-20)5-2-3-7-30-17(31)11-16(28-22(23)30)15-4-6-26-12-27-15/h4,6,10-12H,2-3,5,7-9,25H2,1H3,(H,29,32). The van der Waals surface area contributed by atoms with Crippen LogP contribution in [0.4, 0.5) is 5.69 Å². The molecule has 11 heteroatoms. The third kappa shape index (κ3) is 3.83. The minimum absolute atomic E-state index is 0.196. The molecule has 1 amide bonds. The zero-order valence-electron chi connectivity index (χ0n) is 18.5. The van der Waals surface area contributed by atoms with E-state index in [1.165, 1.54) is 18.5 Å². The number of anilines is 1. The molecule has 0 aliphatic carbocycles. The molecule has 34 heavy (non-hydrogen) atoms. The van der Waals surface area contributed by atoms with Crippen LogP contribution in [0.2, 0.25) is 5.02 Å². The first-order valence-corrected chi connectivity index (χ1v) is 11.3. The summed E-state index contributed by atoms with van der Waals surface area (Å²) < 4.78 is 12.9. The molecule has 1 atom stereocenters. The summed E-state index contributed by atoms with van der Waals surface area (Å²) in [7, 11) is 0. The van der Waals surface area contributed by atoms with Gasteiger partial charge in [-0.05, 0) is 38.3 Å². The van der Waals surface area contributed by atoms with E-state index in [0.717, 1.165) is 12.8 Å². The van der Waals surface area contributed by atoms with Gasteiger partial charge in [-0.2, -0.15) is 0 Å². The maximum absolute atomic E-state index is 13.5. The van der Waals surface area contributed by atoms with Crippen LogP contribution in [-0.2, 0) is 12.1 Å². The number of ether oxygens (including phenoxy) is 2. The summed E-state index contributed by atoms with van der Waals surface area (Å²) in [6, 6.07) is 4.61. The summed E-state index contributed by atoms with van der Waals surface area (Å²) in [6.45, 7) is 2.97. The maximum atomic E-state index is 13.5. The predicted molar refractivity (Wildman–Crippen MR) is 125 cm³/mol. The molecule has 0 bridgehead atoms. The van der Waals surface area contributed by atoms with Crippen LogP contribution in [0.1, 0.15) is 42.4 Å². The number of hydrogen-bond donors (Lipinski definition) is 2. The van der Waals surface area contributed by atoms with E-state index in [0.29, 0.717) is 36.8 Å². The molecular formula is C23H23ClN6O4. The molecule has 0 saturated carbocycles. The lowest BCUT2D eigenvalue weighted by Gasteiger charge is -2.31. The van der Waals surface area contributed by atoms with E-state index in [1.807, 2.05) is 6.92 Å². The van der Waals surface area contributed by atoms with E-state index in [1.54, 1.807) is 16.8 Å². The fourth-order valence-corrected chi connectivity index (χ4v) is 4.57. The number of rotatable bonds is 3. The summed E-state index contributed by atoms with van der Waals surface area (Å²) in [6.07, 6.45) is 5.15. The van der Waals surface area contributed by atoms with Crippen molar-refractivity contribution in [3.8, 4) is 22.9 Å². The number of halogens is 1. The number of nitrogens with two attached hydrogens (primary N) is 1. The predicted octanol–water partition coefficient (Wildman–Crippen LogP) is 2.54. The zero-order valence-corrected chi connectivity index (χ0v) is 19.3. The minimum atomic E-state index is -0.938. The molecule has 2 aromatic heterocycles. The Morgan fingerprint density at radius 1 is 1.21 bits per heavy atom. The molecule has 0 fully saturated rings. The average molecular weight is 483 g/mol. The second-order valence-corrected chi connectivity index (χ2v) is 8.87. The molecule has 176 valence electrons. The first-order valence-electron chi connectivity index (χ1n) is 11.0. The quantitative estimate of drug-likeness (QED) is 0.544. The van der Waals surface area contributed by atoms with Crippen molar-refractivity contribution < 1.29 is 14.3 Å². The van der Waals surface area contributed by atoms with Crippen LogP contribution in [0, 0.1) is 0 Å². The van der Waals surface area contributed by atoms with Gasteiger partial charge in [-0.15, -0.1) is 0 Å². The Hall–Kier alpha value is -3.66. The highest BCUT2D eigenvalue weighted by atomic mass is 35.5. The number of hydrogen-bond acceptors (Lipinski definition) is 8. The zero-order chi connectivity index (χ0) is 23.9. The average Bonchev–Trinajstić information content (AvgIpc) is 3.01. The summed E-state index contributed by atoms with van der Waals surface area (Å²) in [5.74, 6) is 0.548. The molecule has 0 radical (unpaired) electrons. The van der Waals surface area contributed by atoms with Gasteiger partial charge in [-0.3, -0.25) is 14.2 Å². The van der Waals surface area contributed by atoms with Crippen molar-refractivity contribution in [2.45, 2.75) is 38.3 Å². The third-order valence-corrected chi connectivity index (χ3v) is 6.40. The van der Waals surface area contributed by atoms with Crippen molar-refractivity contribution in [2.75, 3.05) is 18.9 Å². The first-order chi connectivity index (χ1) is 16.4. The number of amides is 1. The molecule has 0 spiro atoms. The van der Waals surface area contributed by atoms with Crippen LogP contribution < -0.4 is 26.1 Å². The van der Waals surface area contributed by atoms with Gasteiger partial charge in [0.05, 0.1) is 33.2 Å². The van der Waals surface area contributed by atoms with Crippen molar-refractivity contribution in [1.82, 2.24) is 24.8 Å². The van der Waals surface area contributed by atoms with Crippen molar-refractivity contribution in [3.63, 3.8) is 0 Å². The van der Waals surface area contributed by atoms with E-state index in [-0.39, 0.29) is 39.9 Å². The normalized spacial score (nSPS) is 19.1. The second kappa shape index (κ2) is 8.60. The van der Waals surface area contributed by atoms with Crippen molar-refractivity contribution in [1.29, 1.82) is 0 Å². The molecule has 0 saturated heterocycles. The first kappa shape index (κ1) is 22.1. The van der Waals surface area contributed by atoms with Gasteiger partial charge < -0.3 is 20.5 Å². The molecule has 10 nitrogen and oxygen atoms in total. The van der Waals surface area contributed by atoms with Gasteiger partial charge in [0, 0.05) is 18.8 Å².